The molecule has 0 aliphatic carbocycles. The Kier molecular flexibility index (Phi) is 6.31. The van der Waals surface area contributed by atoms with Gasteiger partial charge in [-0.25, -0.2) is 8.42 Å². The second kappa shape index (κ2) is 6.17. The normalized spacial score (nSPS) is 18.4. The number of carbonyl (C=O) groups is 1. The molecule has 1 amide bonds. The second-order valence-electron chi connectivity index (χ2n) is 3.24. The summed E-state index contributed by atoms with van der Waals surface area (Å²) in [7, 11) is -4.77. The fraction of sp³-hybridized carbons (Fsp3) is 0.857. The number of likely N-dealkylation sites (tertiary alicyclic amines) is 1. The summed E-state index contributed by atoms with van der Waals surface area (Å²) in [5.41, 5.74) is -2.12. The van der Waals surface area contributed by atoms with E-state index in [1.165, 1.54) is 4.90 Å². The fourth-order valence-electron chi connectivity index (χ4n) is 1.35. The van der Waals surface area contributed by atoms with Crippen LogP contribution in [0, 0.1) is 0 Å². The van der Waals surface area contributed by atoms with Crippen LogP contribution >= 0.6 is 0 Å². The first-order valence-corrected chi connectivity index (χ1v) is 5.79. The van der Waals surface area contributed by atoms with Crippen LogP contribution in [0.2, 0.25) is 0 Å². The van der Waals surface area contributed by atoms with Crippen molar-refractivity contribution in [3.8, 4) is 0 Å². The van der Waals surface area contributed by atoms with Crippen LogP contribution in [0.1, 0.15) is 19.3 Å². The summed E-state index contributed by atoms with van der Waals surface area (Å²) in [5.74, 6) is -0.477. The molecule has 0 spiro atoms. The van der Waals surface area contributed by atoms with Crippen LogP contribution in [0.15, 0.2) is 0 Å². The van der Waals surface area contributed by atoms with Crippen LogP contribution in [0.5, 0.6) is 0 Å². The minimum absolute atomic E-state index is 0. The van der Waals surface area contributed by atoms with Crippen LogP contribution in [0.25, 0.3) is 0 Å². The Balaban J connectivity index is 0.00000196. The molecule has 0 aromatic rings. The average molecular weight is 245 g/mol. The summed E-state index contributed by atoms with van der Waals surface area (Å²) in [4.78, 5) is 12.7. The predicted molar refractivity (Wildman–Crippen MR) is 46.1 cm³/mol. The van der Waals surface area contributed by atoms with Crippen LogP contribution in [-0.4, -0.2) is 47.4 Å². The fourth-order valence-corrected chi connectivity index (χ4v) is 1.69. The summed E-state index contributed by atoms with van der Waals surface area (Å²) >= 11 is 0. The van der Waals surface area contributed by atoms with Crippen LogP contribution < -0.4 is 29.6 Å². The molecule has 1 heterocycles. The van der Waals surface area contributed by atoms with E-state index in [1.807, 2.05) is 0 Å². The van der Waals surface area contributed by atoms with Gasteiger partial charge in [-0.1, -0.05) is 0 Å². The topological polar surface area (TPSA) is 97.7 Å². The molecule has 15 heavy (non-hydrogen) atoms. The van der Waals surface area contributed by atoms with Crippen molar-refractivity contribution in [3.05, 3.63) is 0 Å². The van der Waals surface area contributed by atoms with Crippen molar-refractivity contribution in [3.63, 3.8) is 0 Å². The molecular formula is C7H12NNaO5S. The number of rotatable bonds is 3. The largest absolute Gasteiger partial charge is 1.00 e. The maximum atomic E-state index is 11.3. The van der Waals surface area contributed by atoms with Crippen molar-refractivity contribution in [2.24, 2.45) is 0 Å². The standard InChI is InChI=1S/C7H13NO5S.Na/c9-6(8-3-1-2-4-8)5-7(10)14(11,12)13;/h7,10H,1-5H2,(H,11,12,13);/q;+1/p-1. The van der Waals surface area contributed by atoms with E-state index < -0.39 is 27.9 Å². The van der Waals surface area contributed by atoms with E-state index in [4.69, 9.17) is 5.11 Å². The molecule has 1 saturated heterocycles. The number of hydrogen-bond acceptors (Lipinski definition) is 5. The third kappa shape index (κ3) is 4.80. The third-order valence-electron chi connectivity index (χ3n) is 2.14. The molecule has 1 unspecified atom stereocenters. The van der Waals surface area contributed by atoms with Crippen molar-refractivity contribution in [2.75, 3.05) is 13.1 Å². The molecule has 1 atom stereocenters. The molecule has 1 N–H and O–H groups in total. The van der Waals surface area contributed by atoms with E-state index in [9.17, 15) is 17.8 Å². The molecule has 0 aromatic carbocycles. The molecule has 8 heteroatoms. The van der Waals surface area contributed by atoms with Gasteiger partial charge in [0.15, 0.2) is 5.44 Å². The third-order valence-corrected chi connectivity index (χ3v) is 2.97. The number of carbonyl (C=O) groups excluding carboxylic acids is 1. The number of aliphatic hydroxyl groups is 1. The molecule has 1 aliphatic rings. The zero-order valence-electron chi connectivity index (χ0n) is 8.55. The van der Waals surface area contributed by atoms with Crippen LogP contribution in [-0.2, 0) is 14.9 Å². The van der Waals surface area contributed by atoms with E-state index >= 15 is 0 Å². The first kappa shape index (κ1) is 15.3. The van der Waals surface area contributed by atoms with Gasteiger partial charge in [-0.15, -0.1) is 0 Å². The second-order valence-corrected chi connectivity index (χ2v) is 4.77. The molecule has 82 valence electrons. The minimum Gasteiger partial charge on any atom is -0.746 e. The van der Waals surface area contributed by atoms with E-state index in [-0.39, 0.29) is 29.6 Å². The van der Waals surface area contributed by atoms with Gasteiger partial charge in [-0.3, -0.25) is 4.79 Å². The first-order valence-electron chi connectivity index (χ1n) is 4.32. The van der Waals surface area contributed by atoms with Gasteiger partial charge < -0.3 is 14.6 Å². The zero-order valence-corrected chi connectivity index (χ0v) is 11.4. The number of hydrogen-bond donors (Lipinski definition) is 1. The van der Waals surface area contributed by atoms with Gasteiger partial charge >= 0.3 is 29.6 Å². The van der Waals surface area contributed by atoms with Gasteiger partial charge in [0.1, 0.15) is 10.1 Å². The molecule has 0 radical (unpaired) electrons. The van der Waals surface area contributed by atoms with Crippen molar-refractivity contribution >= 4 is 16.0 Å². The van der Waals surface area contributed by atoms with Crippen molar-refractivity contribution in [1.82, 2.24) is 4.90 Å². The smallest absolute Gasteiger partial charge is 0.746 e. The Morgan fingerprint density at radius 1 is 1.40 bits per heavy atom. The Bertz CT molecular complexity index is 311. The van der Waals surface area contributed by atoms with Gasteiger partial charge in [0, 0.05) is 13.1 Å². The van der Waals surface area contributed by atoms with E-state index in [1.54, 1.807) is 0 Å². The van der Waals surface area contributed by atoms with E-state index in [2.05, 4.69) is 0 Å². The Morgan fingerprint density at radius 3 is 2.27 bits per heavy atom. The summed E-state index contributed by atoms with van der Waals surface area (Å²) in [6.07, 6.45) is 1.13. The molecule has 1 aliphatic heterocycles. The van der Waals surface area contributed by atoms with E-state index in [0.29, 0.717) is 13.1 Å². The maximum Gasteiger partial charge on any atom is 1.00 e. The zero-order chi connectivity index (χ0) is 10.8. The minimum atomic E-state index is -4.77. The van der Waals surface area contributed by atoms with Crippen molar-refractivity contribution in [2.45, 2.75) is 24.7 Å². The summed E-state index contributed by atoms with van der Waals surface area (Å²) in [6, 6.07) is 0. The average Bonchev–Trinajstić information content (AvgIpc) is 2.53. The molecule has 6 nitrogen and oxygen atoms in total. The van der Waals surface area contributed by atoms with Crippen LogP contribution in [0.3, 0.4) is 0 Å². The van der Waals surface area contributed by atoms with Crippen molar-refractivity contribution in [1.29, 1.82) is 0 Å². The molecule has 1 rings (SSSR count). The Morgan fingerprint density at radius 2 is 1.87 bits per heavy atom. The SMILES string of the molecule is O=C(CC(O)S(=O)(=O)[O-])N1CCCC1.[Na+]. The quantitative estimate of drug-likeness (QED) is 0.402. The first-order chi connectivity index (χ1) is 6.41. The molecule has 0 aromatic heterocycles. The number of aliphatic hydroxyl groups excluding tert-OH is 1. The Hall–Kier alpha value is 0.340. The number of nitrogens with zero attached hydrogens (tertiary/aromatic N) is 1. The van der Waals surface area contributed by atoms with E-state index in [0.717, 1.165) is 12.8 Å². The Labute approximate surface area is 111 Å². The maximum absolute atomic E-state index is 11.3. The van der Waals surface area contributed by atoms with Gasteiger partial charge in [0.05, 0.1) is 6.42 Å². The van der Waals surface area contributed by atoms with Crippen LogP contribution in [0.4, 0.5) is 0 Å². The summed E-state index contributed by atoms with van der Waals surface area (Å²) in [5, 5.41) is 8.87. The van der Waals surface area contributed by atoms with Gasteiger partial charge in [-0.05, 0) is 12.8 Å². The molecule has 0 bridgehead atoms. The van der Waals surface area contributed by atoms with Gasteiger partial charge in [0.25, 0.3) is 0 Å². The van der Waals surface area contributed by atoms with Crippen molar-refractivity contribution < 1.29 is 52.4 Å². The molecule has 0 saturated carbocycles. The molecule has 1 fully saturated rings. The van der Waals surface area contributed by atoms with Gasteiger partial charge in [0.2, 0.25) is 5.91 Å². The molecular weight excluding hydrogens is 233 g/mol. The predicted octanol–water partition coefficient (Wildman–Crippen LogP) is -4.13. The number of amides is 1. The summed E-state index contributed by atoms with van der Waals surface area (Å²) < 4.78 is 30.9. The monoisotopic (exact) mass is 245 g/mol. The summed E-state index contributed by atoms with van der Waals surface area (Å²) in [6.45, 7) is 1.15. The van der Waals surface area contributed by atoms with Gasteiger partial charge in [-0.2, -0.15) is 0 Å².